The molecule has 1 N–H and O–H groups in total. The van der Waals surface area contributed by atoms with Gasteiger partial charge in [-0.15, -0.1) is 11.8 Å². The van der Waals surface area contributed by atoms with Crippen molar-refractivity contribution in [3.8, 4) is 11.3 Å². The third-order valence-electron chi connectivity index (χ3n) is 8.33. The van der Waals surface area contributed by atoms with Crippen molar-refractivity contribution in [3.63, 3.8) is 0 Å². The van der Waals surface area contributed by atoms with Crippen molar-refractivity contribution in [1.29, 1.82) is 0 Å². The number of alkyl halides is 3. The van der Waals surface area contributed by atoms with Crippen LogP contribution in [0, 0.1) is 0 Å². The minimum absolute atomic E-state index is 0.153. The van der Waals surface area contributed by atoms with Crippen LogP contribution in [-0.4, -0.2) is 101 Å². The molecule has 1 unspecified atom stereocenters. The van der Waals surface area contributed by atoms with Crippen LogP contribution in [0.2, 0.25) is 0 Å². The summed E-state index contributed by atoms with van der Waals surface area (Å²) in [6.07, 6.45) is 1.97. The second kappa shape index (κ2) is 12.9. The minimum atomic E-state index is -4.47. The van der Waals surface area contributed by atoms with Crippen LogP contribution in [0.15, 0.2) is 23.1 Å². The van der Waals surface area contributed by atoms with Gasteiger partial charge in [0.2, 0.25) is 10.0 Å². The van der Waals surface area contributed by atoms with Gasteiger partial charge in [-0.2, -0.15) is 22.6 Å². The van der Waals surface area contributed by atoms with Gasteiger partial charge in [0.15, 0.2) is 0 Å². The van der Waals surface area contributed by atoms with Crippen LogP contribution in [0.1, 0.15) is 48.9 Å². The van der Waals surface area contributed by atoms with E-state index in [1.54, 1.807) is 6.07 Å². The zero-order valence-electron chi connectivity index (χ0n) is 23.6. The fourth-order valence-electron chi connectivity index (χ4n) is 6.12. The van der Waals surface area contributed by atoms with Gasteiger partial charge in [0, 0.05) is 79.7 Å². The number of aromatic nitrogens is 2. The van der Waals surface area contributed by atoms with Crippen LogP contribution in [0.25, 0.3) is 11.3 Å². The maximum Gasteiger partial charge on any atom is 0.417 e. The molecule has 2 saturated heterocycles. The van der Waals surface area contributed by atoms with Crippen LogP contribution in [0.3, 0.4) is 0 Å². The van der Waals surface area contributed by atoms with Crippen molar-refractivity contribution in [2.75, 3.05) is 57.8 Å². The first-order valence-electron chi connectivity index (χ1n) is 14.5. The lowest BCUT2D eigenvalue weighted by atomic mass is 10.0. The number of hydrogen-bond acceptors (Lipinski definition) is 7. The molecule has 0 radical (unpaired) electrons. The summed E-state index contributed by atoms with van der Waals surface area (Å²) in [5, 5.41) is 14.7. The van der Waals surface area contributed by atoms with Gasteiger partial charge >= 0.3 is 6.18 Å². The molecular weight excluding hydrogens is 575 g/mol. The van der Waals surface area contributed by atoms with E-state index in [9.17, 15) is 26.7 Å². The molecule has 0 bridgehead atoms. The predicted molar refractivity (Wildman–Crippen MR) is 154 cm³/mol. The summed E-state index contributed by atoms with van der Waals surface area (Å²) < 4.78 is 70.1. The molecular formula is C28H40F3N5O3S2. The first-order valence-corrected chi connectivity index (χ1v) is 17.3. The molecule has 5 rings (SSSR count). The predicted octanol–water partition coefficient (Wildman–Crippen LogP) is 3.92. The number of nitrogens with zero attached hydrogens (tertiary/aromatic N) is 5. The van der Waals surface area contributed by atoms with E-state index >= 15 is 0 Å². The van der Waals surface area contributed by atoms with E-state index in [4.69, 9.17) is 5.10 Å². The van der Waals surface area contributed by atoms with Gasteiger partial charge in [0.05, 0.1) is 23.6 Å². The largest absolute Gasteiger partial charge is 0.417 e. The van der Waals surface area contributed by atoms with Gasteiger partial charge in [-0.25, -0.2) is 8.42 Å². The molecule has 228 valence electrons. The fraction of sp³-hybridized carbons (Fsp3) is 0.679. The highest BCUT2D eigenvalue weighted by molar-refractivity contribution is 7.99. The Bertz CT molecular complexity index is 1310. The van der Waals surface area contributed by atoms with E-state index < -0.39 is 21.8 Å². The summed E-state index contributed by atoms with van der Waals surface area (Å²) in [6.45, 7) is 6.18. The summed E-state index contributed by atoms with van der Waals surface area (Å²) in [5.74, 6) is 0.562. The number of aliphatic hydroxyl groups is 1. The number of thioether (sulfide) groups is 1. The molecule has 0 saturated carbocycles. The highest BCUT2D eigenvalue weighted by Crippen LogP contribution is 2.40. The molecule has 1 aromatic carbocycles. The Hall–Kier alpha value is -1.64. The molecule has 0 amide bonds. The van der Waals surface area contributed by atoms with E-state index in [-0.39, 0.29) is 17.5 Å². The molecule has 41 heavy (non-hydrogen) atoms. The summed E-state index contributed by atoms with van der Waals surface area (Å²) in [6, 6.07) is 4.19. The topological polar surface area (TPSA) is 81.9 Å². The van der Waals surface area contributed by atoms with Crippen LogP contribution in [0.5, 0.6) is 0 Å². The van der Waals surface area contributed by atoms with Crippen molar-refractivity contribution in [2.45, 2.75) is 68.8 Å². The maximum absolute atomic E-state index is 14.0. The number of hydrogen-bond donors (Lipinski definition) is 1. The normalized spacial score (nSPS) is 21.4. The SMILES string of the molecule is CS(=O)(=O)N1CCc2c(c(-c3ccc(C(F)(F)F)c(SCCN4CCCCC4)c3)nn2CCCN2CCC(O)C2)C1. The summed E-state index contributed by atoms with van der Waals surface area (Å²) >= 11 is 1.23. The van der Waals surface area contributed by atoms with E-state index in [0.717, 1.165) is 75.7 Å². The number of β-amino-alcohol motifs (C(OH)–C–C–N with tert-alkyl or cyclic N) is 1. The van der Waals surface area contributed by atoms with Crippen molar-refractivity contribution in [1.82, 2.24) is 23.9 Å². The van der Waals surface area contributed by atoms with E-state index in [1.807, 2.05) is 4.68 Å². The number of piperidine rings is 1. The Morgan fingerprint density at radius 3 is 2.51 bits per heavy atom. The Morgan fingerprint density at radius 1 is 1.05 bits per heavy atom. The van der Waals surface area contributed by atoms with Crippen molar-refractivity contribution in [2.24, 2.45) is 0 Å². The number of benzene rings is 1. The van der Waals surface area contributed by atoms with Gasteiger partial charge in [0.1, 0.15) is 0 Å². The van der Waals surface area contributed by atoms with Crippen LogP contribution in [-0.2, 0) is 35.7 Å². The lowest BCUT2D eigenvalue weighted by Gasteiger charge is -2.26. The smallest absolute Gasteiger partial charge is 0.392 e. The van der Waals surface area contributed by atoms with Gasteiger partial charge < -0.3 is 14.9 Å². The number of rotatable bonds is 10. The number of halogens is 3. The molecule has 4 heterocycles. The van der Waals surface area contributed by atoms with Gasteiger partial charge in [-0.1, -0.05) is 12.5 Å². The molecule has 0 spiro atoms. The van der Waals surface area contributed by atoms with E-state index in [0.29, 0.717) is 43.1 Å². The highest BCUT2D eigenvalue weighted by Gasteiger charge is 2.35. The van der Waals surface area contributed by atoms with Crippen molar-refractivity contribution < 1.29 is 26.7 Å². The van der Waals surface area contributed by atoms with Gasteiger partial charge in [-0.05, 0) is 50.9 Å². The lowest BCUT2D eigenvalue weighted by Crippen LogP contribution is -2.35. The van der Waals surface area contributed by atoms with Crippen LogP contribution in [0.4, 0.5) is 13.2 Å². The molecule has 13 heteroatoms. The molecule has 2 aromatic rings. The molecule has 3 aliphatic rings. The Morgan fingerprint density at radius 2 is 1.83 bits per heavy atom. The highest BCUT2D eigenvalue weighted by atomic mass is 32.2. The zero-order chi connectivity index (χ0) is 29.2. The van der Waals surface area contributed by atoms with E-state index in [2.05, 4.69) is 9.80 Å². The first kappa shape index (κ1) is 30.8. The van der Waals surface area contributed by atoms with Crippen LogP contribution < -0.4 is 0 Å². The quantitative estimate of drug-likeness (QED) is 0.406. The molecule has 8 nitrogen and oxygen atoms in total. The third kappa shape index (κ3) is 7.66. The number of sulfonamides is 1. The lowest BCUT2D eigenvalue weighted by molar-refractivity contribution is -0.139. The maximum atomic E-state index is 14.0. The third-order valence-corrected chi connectivity index (χ3v) is 10.6. The standard InChI is InChI=1S/C28H40F3N5O3S2/c1-41(38,39)35-15-9-25-23(20-35)27(32-36(25)13-5-12-34-14-8-22(37)19-34)21-6-7-24(28(29,30)31)26(18-21)40-17-16-33-10-3-2-4-11-33/h6-7,18,22,37H,2-5,8-17,19-20H2,1H3. The number of aliphatic hydroxyl groups excluding tert-OH is 1. The van der Waals surface area contributed by atoms with Crippen molar-refractivity contribution in [3.05, 3.63) is 35.0 Å². The molecule has 1 aromatic heterocycles. The Labute approximate surface area is 244 Å². The Kier molecular flexibility index (Phi) is 9.71. The van der Waals surface area contributed by atoms with Gasteiger partial charge in [-0.3, -0.25) is 4.68 Å². The summed E-state index contributed by atoms with van der Waals surface area (Å²) in [5.41, 5.74) is 2.19. The van der Waals surface area contributed by atoms with Gasteiger partial charge in [0.25, 0.3) is 0 Å². The number of fused-ring (bicyclic) bond motifs is 1. The monoisotopic (exact) mass is 615 g/mol. The van der Waals surface area contributed by atoms with Crippen molar-refractivity contribution >= 4 is 21.8 Å². The van der Waals surface area contributed by atoms with Crippen LogP contribution >= 0.6 is 11.8 Å². The molecule has 3 aliphatic heterocycles. The fourth-order valence-corrected chi connectivity index (χ4v) is 8.02. The zero-order valence-corrected chi connectivity index (χ0v) is 25.2. The van der Waals surface area contributed by atoms with E-state index in [1.165, 1.54) is 34.8 Å². The summed E-state index contributed by atoms with van der Waals surface area (Å²) in [4.78, 5) is 4.71. The number of aryl methyl sites for hydroxylation is 1. The number of likely N-dealkylation sites (tertiary alicyclic amines) is 2. The minimum Gasteiger partial charge on any atom is -0.392 e. The first-order chi connectivity index (χ1) is 19.5. The molecule has 0 aliphatic carbocycles. The molecule has 2 fully saturated rings. The second-order valence-electron chi connectivity index (χ2n) is 11.4. The summed E-state index contributed by atoms with van der Waals surface area (Å²) in [7, 11) is -3.44. The average Bonchev–Trinajstić information content (AvgIpc) is 3.51. The second-order valence-corrected chi connectivity index (χ2v) is 14.5. The Balaban J connectivity index is 1.41. The molecule has 1 atom stereocenters. The average molecular weight is 616 g/mol.